The molecule has 6 nitrogen and oxygen atoms in total. The van der Waals surface area contributed by atoms with Crippen LogP contribution in [0.4, 0.5) is 10.2 Å². The fourth-order valence-electron chi connectivity index (χ4n) is 2.35. The Balaban J connectivity index is 1.88. The number of aromatic nitrogens is 4. The average Bonchev–Trinajstić information content (AvgIpc) is 2.77. The average molecular weight is 250 g/mol. The number of nitrogens with two attached hydrogens (primary N) is 1. The number of nitrogen functional groups attached to an aromatic ring is 1. The van der Waals surface area contributed by atoms with Gasteiger partial charge in [0.25, 0.3) is 0 Å². The zero-order valence-electron chi connectivity index (χ0n) is 9.88. The third-order valence-electron chi connectivity index (χ3n) is 3.41. The summed E-state index contributed by atoms with van der Waals surface area (Å²) in [6.07, 6.45) is 3.02. The maximum absolute atomic E-state index is 13.8. The zero-order valence-corrected chi connectivity index (χ0v) is 9.88. The predicted molar refractivity (Wildman–Crippen MR) is 65.6 cm³/mol. The van der Waals surface area contributed by atoms with Gasteiger partial charge in [-0.25, -0.2) is 19.0 Å². The molecule has 18 heavy (non-hydrogen) atoms. The lowest BCUT2D eigenvalue weighted by Gasteiger charge is -2.26. The molecule has 0 aromatic carbocycles. The van der Waals surface area contributed by atoms with E-state index >= 15 is 0 Å². The van der Waals surface area contributed by atoms with Crippen LogP contribution in [0.3, 0.4) is 0 Å². The monoisotopic (exact) mass is 250 g/mol. The molecule has 2 atom stereocenters. The quantitative estimate of drug-likeness (QED) is 0.804. The van der Waals surface area contributed by atoms with Crippen molar-refractivity contribution in [2.24, 2.45) is 5.92 Å². The van der Waals surface area contributed by atoms with E-state index in [2.05, 4.69) is 20.4 Å². The molecule has 7 heteroatoms. The first-order valence-corrected chi connectivity index (χ1v) is 6.02. The van der Waals surface area contributed by atoms with Crippen LogP contribution in [0.5, 0.6) is 0 Å². The Hall–Kier alpha value is -1.76. The summed E-state index contributed by atoms with van der Waals surface area (Å²) in [6, 6.07) is 0. The normalized spacial score (nSPS) is 24.5. The first-order valence-electron chi connectivity index (χ1n) is 6.02. The second kappa shape index (κ2) is 4.49. The maximum Gasteiger partial charge on any atom is 0.163 e. The minimum absolute atomic E-state index is 0.0226. The number of anilines is 1. The van der Waals surface area contributed by atoms with Gasteiger partial charge in [-0.15, -0.1) is 0 Å². The van der Waals surface area contributed by atoms with E-state index in [1.165, 1.54) is 6.33 Å². The Morgan fingerprint density at radius 1 is 1.50 bits per heavy atom. The summed E-state index contributed by atoms with van der Waals surface area (Å²) < 4.78 is 15.5. The van der Waals surface area contributed by atoms with Crippen molar-refractivity contribution in [3.05, 3.63) is 12.5 Å². The standard InChI is InChI=1S/C11H15FN6/c12-9-4-14-2-1-7(9)5-18-11-8(3-17-18)10(13)15-6-16-11/h3,6-7,9,14H,1-2,4-5H2,(H2,13,15,16)/t7?,9-/m0/s1. The minimum Gasteiger partial charge on any atom is -0.383 e. The molecule has 0 spiro atoms. The summed E-state index contributed by atoms with van der Waals surface area (Å²) in [5.74, 6) is 0.388. The Morgan fingerprint density at radius 3 is 3.22 bits per heavy atom. The highest BCUT2D eigenvalue weighted by atomic mass is 19.1. The van der Waals surface area contributed by atoms with Crippen molar-refractivity contribution in [2.75, 3.05) is 18.8 Å². The lowest BCUT2D eigenvalue weighted by molar-refractivity contribution is 0.160. The SMILES string of the molecule is Nc1ncnc2c1cnn2CC1CCNC[C@@H]1F. The highest BCUT2D eigenvalue weighted by molar-refractivity contribution is 5.84. The molecule has 1 unspecified atom stereocenters. The van der Waals surface area contributed by atoms with Gasteiger partial charge in [-0.05, 0) is 13.0 Å². The molecule has 0 bridgehead atoms. The molecule has 1 saturated heterocycles. The van der Waals surface area contributed by atoms with Gasteiger partial charge in [0.1, 0.15) is 18.3 Å². The third-order valence-corrected chi connectivity index (χ3v) is 3.41. The summed E-state index contributed by atoms with van der Waals surface area (Å²) in [5, 5.41) is 8.00. The van der Waals surface area contributed by atoms with E-state index in [0.29, 0.717) is 24.6 Å². The van der Waals surface area contributed by atoms with Crippen molar-refractivity contribution in [1.82, 2.24) is 25.1 Å². The highest BCUT2D eigenvalue weighted by Crippen LogP contribution is 2.21. The number of nitrogens with zero attached hydrogens (tertiary/aromatic N) is 4. The number of piperidine rings is 1. The topological polar surface area (TPSA) is 81.7 Å². The van der Waals surface area contributed by atoms with E-state index in [4.69, 9.17) is 5.73 Å². The highest BCUT2D eigenvalue weighted by Gasteiger charge is 2.25. The lowest BCUT2D eigenvalue weighted by atomic mass is 9.96. The number of halogens is 1. The number of nitrogens with one attached hydrogen (secondary N) is 1. The van der Waals surface area contributed by atoms with E-state index in [9.17, 15) is 4.39 Å². The smallest absolute Gasteiger partial charge is 0.163 e. The van der Waals surface area contributed by atoms with Crippen molar-refractivity contribution in [1.29, 1.82) is 0 Å². The summed E-state index contributed by atoms with van der Waals surface area (Å²) in [5.41, 5.74) is 6.42. The van der Waals surface area contributed by atoms with Crippen molar-refractivity contribution in [2.45, 2.75) is 19.1 Å². The van der Waals surface area contributed by atoms with E-state index < -0.39 is 6.17 Å². The van der Waals surface area contributed by atoms with Gasteiger partial charge in [-0.3, -0.25) is 0 Å². The first-order chi connectivity index (χ1) is 8.75. The van der Waals surface area contributed by atoms with Gasteiger partial charge in [-0.2, -0.15) is 5.10 Å². The summed E-state index contributed by atoms with van der Waals surface area (Å²) in [6.45, 7) is 1.80. The van der Waals surface area contributed by atoms with Crippen molar-refractivity contribution in [3.8, 4) is 0 Å². The lowest BCUT2D eigenvalue weighted by Crippen LogP contribution is -2.39. The van der Waals surface area contributed by atoms with Crippen LogP contribution in [0.1, 0.15) is 6.42 Å². The Morgan fingerprint density at radius 2 is 2.39 bits per heavy atom. The third kappa shape index (κ3) is 1.90. The van der Waals surface area contributed by atoms with E-state index in [1.54, 1.807) is 10.9 Å². The summed E-state index contributed by atoms with van der Waals surface area (Å²) >= 11 is 0. The van der Waals surface area contributed by atoms with Gasteiger partial charge < -0.3 is 11.1 Å². The molecular weight excluding hydrogens is 235 g/mol. The van der Waals surface area contributed by atoms with Crippen LogP contribution in [0, 0.1) is 5.92 Å². The molecule has 96 valence electrons. The molecule has 0 saturated carbocycles. The molecule has 0 amide bonds. The van der Waals surface area contributed by atoms with Gasteiger partial charge in [0.05, 0.1) is 11.6 Å². The van der Waals surface area contributed by atoms with Crippen LogP contribution >= 0.6 is 0 Å². The van der Waals surface area contributed by atoms with Crippen molar-refractivity contribution in [3.63, 3.8) is 0 Å². The fourth-order valence-corrected chi connectivity index (χ4v) is 2.35. The van der Waals surface area contributed by atoms with Gasteiger partial charge in [0, 0.05) is 19.0 Å². The first kappa shape index (κ1) is 11.3. The molecule has 1 fully saturated rings. The molecular formula is C11H15FN6. The van der Waals surface area contributed by atoms with Gasteiger partial charge in [0.2, 0.25) is 0 Å². The minimum atomic E-state index is -0.836. The van der Waals surface area contributed by atoms with Crippen LogP contribution in [0.2, 0.25) is 0 Å². The summed E-state index contributed by atoms with van der Waals surface area (Å²) in [4.78, 5) is 8.08. The van der Waals surface area contributed by atoms with Crippen LogP contribution in [0.15, 0.2) is 12.5 Å². The van der Waals surface area contributed by atoms with Crippen LogP contribution in [-0.2, 0) is 6.54 Å². The Bertz CT molecular complexity index is 553. The Labute approximate surface area is 103 Å². The molecule has 0 aliphatic carbocycles. The largest absolute Gasteiger partial charge is 0.383 e. The molecule has 3 heterocycles. The molecule has 1 aliphatic rings. The second-order valence-electron chi connectivity index (χ2n) is 4.59. The van der Waals surface area contributed by atoms with Gasteiger partial charge >= 0.3 is 0 Å². The molecule has 2 aromatic rings. The fraction of sp³-hybridized carbons (Fsp3) is 0.545. The van der Waals surface area contributed by atoms with E-state index in [0.717, 1.165) is 18.4 Å². The van der Waals surface area contributed by atoms with E-state index in [-0.39, 0.29) is 5.92 Å². The molecule has 2 aromatic heterocycles. The maximum atomic E-state index is 13.8. The van der Waals surface area contributed by atoms with E-state index in [1.807, 2.05) is 0 Å². The van der Waals surface area contributed by atoms with Crippen LogP contribution in [-0.4, -0.2) is 39.0 Å². The molecule has 3 rings (SSSR count). The number of rotatable bonds is 2. The number of alkyl halides is 1. The number of hydrogen-bond acceptors (Lipinski definition) is 5. The van der Waals surface area contributed by atoms with Gasteiger partial charge in [0.15, 0.2) is 5.65 Å². The Kier molecular flexibility index (Phi) is 2.83. The number of fused-ring (bicyclic) bond motifs is 1. The molecule has 1 aliphatic heterocycles. The van der Waals surface area contributed by atoms with Gasteiger partial charge in [-0.1, -0.05) is 0 Å². The van der Waals surface area contributed by atoms with Crippen molar-refractivity contribution < 1.29 is 4.39 Å². The molecule has 3 N–H and O–H groups in total. The predicted octanol–water partition coefficient (Wildman–Crippen LogP) is 0.356. The number of hydrogen-bond donors (Lipinski definition) is 2. The van der Waals surface area contributed by atoms with Crippen molar-refractivity contribution >= 4 is 16.9 Å². The molecule has 0 radical (unpaired) electrons. The zero-order chi connectivity index (χ0) is 12.5. The summed E-state index contributed by atoms with van der Waals surface area (Å²) in [7, 11) is 0. The van der Waals surface area contributed by atoms with Crippen LogP contribution in [0.25, 0.3) is 11.0 Å². The second-order valence-corrected chi connectivity index (χ2v) is 4.59. The van der Waals surface area contributed by atoms with Crippen LogP contribution < -0.4 is 11.1 Å².